The molecule has 5 nitrogen and oxygen atoms in total. The van der Waals surface area contributed by atoms with E-state index in [1.807, 2.05) is 6.92 Å². The first-order valence-electron chi connectivity index (χ1n) is 7.83. The van der Waals surface area contributed by atoms with Gasteiger partial charge in [0.1, 0.15) is 0 Å². The number of carbonyl (C=O) groups excluding carboxylic acids is 1. The molecule has 0 bridgehead atoms. The lowest BCUT2D eigenvalue weighted by molar-refractivity contribution is -0.127. The SMILES string of the molecule is COCC1CCCN(C(C)C(=O)NCC2CCCO2)C1. The first-order valence-corrected chi connectivity index (χ1v) is 7.83. The minimum atomic E-state index is -0.0592. The van der Waals surface area contributed by atoms with Crippen LogP contribution in [-0.2, 0) is 14.3 Å². The summed E-state index contributed by atoms with van der Waals surface area (Å²) in [4.78, 5) is 14.5. The molecule has 5 heteroatoms. The van der Waals surface area contributed by atoms with E-state index in [4.69, 9.17) is 9.47 Å². The monoisotopic (exact) mass is 284 g/mol. The Bertz CT molecular complexity index is 303. The maximum Gasteiger partial charge on any atom is 0.237 e. The highest BCUT2D eigenvalue weighted by atomic mass is 16.5. The van der Waals surface area contributed by atoms with E-state index in [1.54, 1.807) is 7.11 Å². The predicted molar refractivity (Wildman–Crippen MR) is 77.6 cm³/mol. The maximum atomic E-state index is 12.2. The van der Waals surface area contributed by atoms with Crippen LogP contribution in [0.2, 0.25) is 0 Å². The van der Waals surface area contributed by atoms with E-state index in [-0.39, 0.29) is 18.1 Å². The highest BCUT2D eigenvalue weighted by Crippen LogP contribution is 2.19. The van der Waals surface area contributed by atoms with Crippen LogP contribution in [0.25, 0.3) is 0 Å². The van der Waals surface area contributed by atoms with Crippen LogP contribution in [-0.4, -0.2) is 62.9 Å². The number of piperidine rings is 1. The molecule has 2 aliphatic rings. The third-order valence-corrected chi connectivity index (χ3v) is 4.41. The smallest absolute Gasteiger partial charge is 0.237 e. The average molecular weight is 284 g/mol. The van der Waals surface area contributed by atoms with Crippen LogP contribution in [0.3, 0.4) is 0 Å². The second-order valence-electron chi connectivity index (χ2n) is 6.01. The number of nitrogens with one attached hydrogen (secondary N) is 1. The molecule has 2 fully saturated rings. The summed E-state index contributed by atoms with van der Waals surface area (Å²) in [6, 6.07) is -0.0592. The number of amides is 1. The average Bonchev–Trinajstić information content (AvgIpc) is 2.98. The quantitative estimate of drug-likeness (QED) is 0.791. The van der Waals surface area contributed by atoms with Crippen molar-refractivity contribution < 1.29 is 14.3 Å². The summed E-state index contributed by atoms with van der Waals surface area (Å²) in [6.07, 6.45) is 4.75. The van der Waals surface area contributed by atoms with Crippen molar-refractivity contribution in [1.82, 2.24) is 10.2 Å². The van der Waals surface area contributed by atoms with Gasteiger partial charge in [-0.1, -0.05) is 0 Å². The van der Waals surface area contributed by atoms with Gasteiger partial charge in [0, 0.05) is 26.8 Å². The lowest BCUT2D eigenvalue weighted by Gasteiger charge is -2.35. The molecule has 0 spiro atoms. The standard InChI is InChI=1S/C15H28N2O3/c1-12(15(18)16-9-14-6-4-8-20-14)17-7-3-5-13(10-17)11-19-2/h12-14H,3-11H2,1-2H3,(H,16,18). The Morgan fingerprint density at radius 2 is 2.30 bits per heavy atom. The molecule has 0 aromatic carbocycles. The Morgan fingerprint density at radius 1 is 1.45 bits per heavy atom. The van der Waals surface area contributed by atoms with Crippen LogP contribution in [0.5, 0.6) is 0 Å². The predicted octanol–water partition coefficient (Wildman–Crippen LogP) is 1.03. The molecule has 0 saturated carbocycles. The first kappa shape index (κ1) is 15.7. The second kappa shape index (κ2) is 7.96. The van der Waals surface area contributed by atoms with Gasteiger partial charge in [-0.05, 0) is 45.1 Å². The summed E-state index contributed by atoms with van der Waals surface area (Å²) < 4.78 is 10.8. The van der Waals surface area contributed by atoms with Crippen LogP contribution in [0, 0.1) is 5.92 Å². The zero-order chi connectivity index (χ0) is 14.4. The van der Waals surface area contributed by atoms with Gasteiger partial charge in [-0.25, -0.2) is 0 Å². The lowest BCUT2D eigenvalue weighted by atomic mass is 9.97. The highest BCUT2D eigenvalue weighted by Gasteiger charge is 2.27. The third kappa shape index (κ3) is 4.43. The number of hydrogen-bond acceptors (Lipinski definition) is 4. The van der Waals surface area contributed by atoms with Crippen LogP contribution in [0.15, 0.2) is 0 Å². The van der Waals surface area contributed by atoms with Gasteiger partial charge in [-0.15, -0.1) is 0 Å². The van der Waals surface area contributed by atoms with Gasteiger partial charge in [0.25, 0.3) is 0 Å². The lowest BCUT2D eigenvalue weighted by Crippen LogP contribution is -2.50. The zero-order valence-corrected chi connectivity index (χ0v) is 12.8. The van der Waals surface area contributed by atoms with Crippen molar-refractivity contribution >= 4 is 5.91 Å². The number of carbonyl (C=O) groups is 1. The number of methoxy groups -OCH3 is 1. The summed E-state index contributed by atoms with van der Waals surface area (Å²) in [7, 11) is 1.75. The molecule has 0 aromatic heterocycles. The van der Waals surface area contributed by atoms with Gasteiger partial charge in [-0.3, -0.25) is 9.69 Å². The molecule has 3 atom stereocenters. The topological polar surface area (TPSA) is 50.8 Å². The fraction of sp³-hybridized carbons (Fsp3) is 0.933. The van der Waals surface area contributed by atoms with E-state index in [0.717, 1.165) is 45.6 Å². The van der Waals surface area contributed by atoms with Crippen LogP contribution >= 0.6 is 0 Å². The Balaban J connectivity index is 1.73. The van der Waals surface area contributed by atoms with Gasteiger partial charge in [-0.2, -0.15) is 0 Å². The first-order chi connectivity index (χ1) is 9.70. The van der Waals surface area contributed by atoms with Gasteiger partial charge in [0.15, 0.2) is 0 Å². The van der Waals surface area contributed by atoms with E-state index in [2.05, 4.69) is 10.2 Å². The summed E-state index contributed by atoms with van der Waals surface area (Å²) in [5.74, 6) is 0.681. The molecule has 116 valence electrons. The van der Waals surface area contributed by atoms with Crippen LogP contribution in [0.4, 0.5) is 0 Å². The van der Waals surface area contributed by atoms with E-state index in [9.17, 15) is 4.79 Å². The molecule has 1 N–H and O–H groups in total. The van der Waals surface area contributed by atoms with Gasteiger partial charge in [0.05, 0.1) is 18.8 Å². The van der Waals surface area contributed by atoms with Crippen molar-refractivity contribution in [3.8, 4) is 0 Å². The number of ether oxygens (including phenoxy) is 2. The molecule has 2 heterocycles. The van der Waals surface area contributed by atoms with Crippen LogP contribution < -0.4 is 5.32 Å². The Kier molecular flexibility index (Phi) is 6.26. The minimum Gasteiger partial charge on any atom is -0.384 e. The maximum absolute atomic E-state index is 12.2. The Morgan fingerprint density at radius 3 is 3.00 bits per heavy atom. The molecule has 3 unspecified atom stereocenters. The van der Waals surface area contributed by atoms with E-state index in [1.165, 1.54) is 6.42 Å². The molecule has 0 aliphatic carbocycles. The molecule has 0 radical (unpaired) electrons. The van der Waals surface area contributed by atoms with Crippen molar-refractivity contribution in [1.29, 1.82) is 0 Å². The molecule has 2 aliphatic heterocycles. The van der Waals surface area contributed by atoms with Crippen molar-refractivity contribution in [2.75, 3.05) is 40.0 Å². The van der Waals surface area contributed by atoms with Crippen molar-refractivity contribution in [3.05, 3.63) is 0 Å². The molecular weight excluding hydrogens is 256 g/mol. The largest absolute Gasteiger partial charge is 0.384 e. The van der Waals surface area contributed by atoms with E-state index < -0.39 is 0 Å². The summed E-state index contributed by atoms with van der Waals surface area (Å²) in [6.45, 7) is 6.25. The molecular formula is C15H28N2O3. The number of likely N-dealkylation sites (tertiary alicyclic amines) is 1. The van der Waals surface area contributed by atoms with E-state index in [0.29, 0.717) is 12.5 Å². The number of nitrogens with zero attached hydrogens (tertiary/aromatic N) is 1. The minimum absolute atomic E-state index is 0.0592. The van der Waals surface area contributed by atoms with Crippen molar-refractivity contribution in [2.24, 2.45) is 5.92 Å². The fourth-order valence-electron chi connectivity index (χ4n) is 3.15. The number of hydrogen-bond donors (Lipinski definition) is 1. The van der Waals surface area contributed by atoms with Crippen molar-refractivity contribution in [3.63, 3.8) is 0 Å². The van der Waals surface area contributed by atoms with Crippen LogP contribution in [0.1, 0.15) is 32.6 Å². The van der Waals surface area contributed by atoms with Gasteiger partial charge >= 0.3 is 0 Å². The molecule has 2 rings (SSSR count). The molecule has 2 saturated heterocycles. The summed E-state index contributed by atoms with van der Waals surface area (Å²) in [5.41, 5.74) is 0. The highest BCUT2D eigenvalue weighted by molar-refractivity contribution is 5.81. The zero-order valence-electron chi connectivity index (χ0n) is 12.8. The van der Waals surface area contributed by atoms with Crippen molar-refractivity contribution in [2.45, 2.75) is 44.8 Å². The van der Waals surface area contributed by atoms with Gasteiger partial charge < -0.3 is 14.8 Å². The summed E-state index contributed by atoms with van der Waals surface area (Å²) >= 11 is 0. The normalized spacial score (nSPS) is 29.3. The third-order valence-electron chi connectivity index (χ3n) is 4.41. The summed E-state index contributed by atoms with van der Waals surface area (Å²) in [5, 5.41) is 3.03. The molecule has 20 heavy (non-hydrogen) atoms. The molecule has 0 aromatic rings. The van der Waals surface area contributed by atoms with Gasteiger partial charge in [0.2, 0.25) is 5.91 Å². The number of rotatable bonds is 6. The fourth-order valence-corrected chi connectivity index (χ4v) is 3.15. The Labute approximate surface area is 122 Å². The second-order valence-corrected chi connectivity index (χ2v) is 6.01. The molecule has 1 amide bonds. The van der Waals surface area contributed by atoms with E-state index >= 15 is 0 Å². The Hall–Kier alpha value is -0.650.